The SMILES string of the molecule is Cc1c(-c2nnc(SCCOc3ccccc3)s2)sc(=S)n1C. The maximum atomic E-state index is 5.68. The van der Waals surface area contributed by atoms with E-state index in [4.69, 9.17) is 17.0 Å². The Morgan fingerprint density at radius 2 is 2.00 bits per heavy atom. The molecule has 0 radical (unpaired) electrons. The second kappa shape index (κ2) is 7.57. The molecule has 0 aliphatic rings. The first-order chi connectivity index (χ1) is 11.1. The number of para-hydroxylation sites is 1. The molecule has 0 aliphatic heterocycles. The molecule has 0 saturated heterocycles. The van der Waals surface area contributed by atoms with Gasteiger partial charge in [0, 0.05) is 18.5 Å². The van der Waals surface area contributed by atoms with Crippen molar-refractivity contribution in [3.63, 3.8) is 0 Å². The van der Waals surface area contributed by atoms with Gasteiger partial charge in [-0.3, -0.25) is 0 Å². The van der Waals surface area contributed by atoms with Crippen molar-refractivity contribution in [1.82, 2.24) is 14.8 Å². The highest BCUT2D eigenvalue weighted by Crippen LogP contribution is 2.34. The first kappa shape index (κ1) is 16.6. The van der Waals surface area contributed by atoms with Gasteiger partial charge in [0.2, 0.25) is 0 Å². The van der Waals surface area contributed by atoms with Gasteiger partial charge >= 0.3 is 0 Å². The lowest BCUT2D eigenvalue weighted by atomic mass is 10.3. The van der Waals surface area contributed by atoms with E-state index in [9.17, 15) is 0 Å². The molecule has 3 rings (SSSR count). The summed E-state index contributed by atoms with van der Waals surface area (Å²) in [6.45, 7) is 2.70. The van der Waals surface area contributed by atoms with Crippen LogP contribution in [-0.2, 0) is 7.05 Å². The molecule has 2 aromatic heterocycles. The molecule has 23 heavy (non-hydrogen) atoms. The van der Waals surface area contributed by atoms with Crippen LogP contribution in [0.1, 0.15) is 5.69 Å². The largest absolute Gasteiger partial charge is 0.493 e. The summed E-state index contributed by atoms with van der Waals surface area (Å²) in [6.07, 6.45) is 0. The van der Waals surface area contributed by atoms with E-state index in [1.165, 1.54) is 0 Å². The standard InChI is InChI=1S/C15H15N3OS4/c1-10-12(22-15(20)18(10)2)13-16-17-14(23-13)21-9-8-19-11-6-4-3-5-7-11/h3-7H,8-9H2,1-2H3. The Bertz CT molecular complexity index is 838. The third-order valence-corrected chi connectivity index (χ3v) is 7.05. The van der Waals surface area contributed by atoms with Gasteiger partial charge in [-0.2, -0.15) is 0 Å². The average molecular weight is 382 g/mol. The number of hydrogen-bond donors (Lipinski definition) is 0. The monoisotopic (exact) mass is 381 g/mol. The normalized spacial score (nSPS) is 10.9. The van der Waals surface area contributed by atoms with Crippen LogP contribution in [0.5, 0.6) is 5.75 Å². The summed E-state index contributed by atoms with van der Waals surface area (Å²) >= 11 is 10.2. The van der Waals surface area contributed by atoms with E-state index in [2.05, 4.69) is 17.1 Å². The van der Waals surface area contributed by atoms with Crippen LogP contribution in [0.2, 0.25) is 0 Å². The van der Waals surface area contributed by atoms with Gasteiger partial charge in [-0.25, -0.2) is 0 Å². The molecule has 0 unspecified atom stereocenters. The summed E-state index contributed by atoms with van der Waals surface area (Å²) in [6, 6.07) is 9.83. The molecule has 0 aliphatic carbocycles. The minimum absolute atomic E-state index is 0.646. The zero-order valence-corrected chi connectivity index (χ0v) is 15.9. The molecule has 0 spiro atoms. The molecule has 3 aromatic rings. The lowest BCUT2D eigenvalue weighted by Crippen LogP contribution is -1.99. The van der Waals surface area contributed by atoms with Gasteiger partial charge < -0.3 is 9.30 Å². The number of aromatic nitrogens is 3. The van der Waals surface area contributed by atoms with E-state index in [0.29, 0.717) is 6.61 Å². The van der Waals surface area contributed by atoms with Crippen LogP contribution < -0.4 is 4.74 Å². The molecular weight excluding hydrogens is 366 g/mol. The molecule has 1 aromatic carbocycles. The van der Waals surface area contributed by atoms with E-state index >= 15 is 0 Å². The van der Waals surface area contributed by atoms with Crippen molar-refractivity contribution in [3.05, 3.63) is 40.0 Å². The van der Waals surface area contributed by atoms with Crippen molar-refractivity contribution >= 4 is 46.7 Å². The van der Waals surface area contributed by atoms with Crippen LogP contribution in [0.3, 0.4) is 0 Å². The van der Waals surface area contributed by atoms with E-state index in [1.54, 1.807) is 34.4 Å². The molecule has 8 heteroatoms. The first-order valence-electron chi connectivity index (χ1n) is 6.96. The second-order valence-corrected chi connectivity index (χ2v) is 8.69. The number of ether oxygens (including phenoxy) is 1. The molecule has 120 valence electrons. The first-order valence-corrected chi connectivity index (χ1v) is 9.99. The summed E-state index contributed by atoms with van der Waals surface area (Å²) in [5, 5.41) is 9.49. The van der Waals surface area contributed by atoms with Crippen molar-refractivity contribution in [1.29, 1.82) is 0 Å². The van der Waals surface area contributed by atoms with Crippen molar-refractivity contribution in [2.45, 2.75) is 11.3 Å². The van der Waals surface area contributed by atoms with Gasteiger partial charge in [0.25, 0.3) is 0 Å². The Balaban J connectivity index is 1.57. The Labute approximate surface area is 152 Å². The van der Waals surface area contributed by atoms with Gasteiger partial charge in [-0.15, -0.1) is 21.5 Å². The van der Waals surface area contributed by atoms with E-state index in [-0.39, 0.29) is 0 Å². The number of rotatable bonds is 6. The van der Waals surface area contributed by atoms with Gasteiger partial charge in [-0.05, 0) is 31.3 Å². The van der Waals surface area contributed by atoms with Crippen molar-refractivity contribution in [3.8, 4) is 15.6 Å². The Hall–Kier alpha value is -1.22. The predicted molar refractivity (Wildman–Crippen MR) is 100 cm³/mol. The van der Waals surface area contributed by atoms with Gasteiger partial charge in [-0.1, -0.05) is 41.3 Å². The quantitative estimate of drug-likeness (QED) is 0.348. The van der Waals surface area contributed by atoms with Crippen LogP contribution in [0, 0.1) is 10.9 Å². The zero-order valence-electron chi connectivity index (χ0n) is 12.7. The van der Waals surface area contributed by atoms with Crippen molar-refractivity contribution in [2.75, 3.05) is 12.4 Å². The highest BCUT2D eigenvalue weighted by molar-refractivity contribution is 8.01. The maximum Gasteiger partial charge on any atom is 0.174 e. The minimum Gasteiger partial charge on any atom is -0.493 e. The fourth-order valence-corrected chi connectivity index (χ4v) is 5.11. The number of thiazole rings is 1. The topological polar surface area (TPSA) is 39.9 Å². The predicted octanol–water partition coefficient (Wildman–Crippen LogP) is 4.81. The third kappa shape index (κ3) is 4.00. The number of hydrogen-bond acceptors (Lipinski definition) is 7. The number of nitrogens with zero attached hydrogens (tertiary/aromatic N) is 3. The molecule has 0 atom stereocenters. The summed E-state index contributed by atoms with van der Waals surface area (Å²) in [4.78, 5) is 1.11. The molecule has 4 nitrogen and oxygen atoms in total. The fraction of sp³-hybridized carbons (Fsp3) is 0.267. The van der Waals surface area contributed by atoms with Crippen molar-refractivity contribution in [2.24, 2.45) is 7.05 Å². The van der Waals surface area contributed by atoms with Crippen LogP contribution in [0.4, 0.5) is 0 Å². The van der Waals surface area contributed by atoms with Crippen LogP contribution in [0.25, 0.3) is 9.88 Å². The summed E-state index contributed by atoms with van der Waals surface area (Å²) in [7, 11) is 1.98. The molecule has 0 saturated carbocycles. The lowest BCUT2D eigenvalue weighted by Gasteiger charge is -2.03. The number of benzene rings is 1. The molecule has 0 fully saturated rings. The summed E-state index contributed by atoms with van der Waals surface area (Å²) < 4.78 is 9.50. The molecular formula is C15H15N3OS4. The van der Waals surface area contributed by atoms with Gasteiger partial charge in [0.05, 0.1) is 11.5 Å². The fourth-order valence-electron chi connectivity index (χ4n) is 1.88. The van der Waals surface area contributed by atoms with Gasteiger partial charge in [0.1, 0.15) is 5.75 Å². The van der Waals surface area contributed by atoms with E-state index in [0.717, 1.165) is 35.4 Å². The van der Waals surface area contributed by atoms with Crippen LogP contribution in [0.15, 0.2) is 34.7 Å². The second-order valence-electron chi connectivity index (χ2n) is 4.72. The Morgan fingerprint density at radius 3 is 2.70 bits per heavy atom. The molecule has 2 heterocycles. The van der Waals surface area contributed by atoms with Crippen LogP contribution in [-0.4, -0.2) is 27.1 Å². The maximum absolute atomic E-state index is 5.68. The van der Waals surface area contributed by atoms with Crippen LogP contribution >= 0.6 is 46.7 Å². The third-order valence-electron chi connectivity index (χ3n) is 3.22. The zero-order chi connectivity index (χ0) is 16.2. The van der Waals surface area contributed by atoms with Crippen molar-refractivity contribution < 1.29 is 4.74 Å². The Kier molecular flexibility index (Phi) is 5.47. The van der Waals surface area contributed by atoms with E-state index in [1.807, 2.05) is 41.9 Å². The highest BCUT2D eigenvalue weighted by Gasteiger charge is 2.14. The lowest BCUT2D eigenvalue weighted by molar-refractivity contribution is 0.344. The molecule has 0 amide bonds. The number of thioether (sulfide) groups is 1. The molecule has 0 bridgehead atoms. The smallest absolute Gasteiger partial charge is 0.174 e. The minimum atomic E-state index is 0.646. The Morgan fingerprint density at radius 1 is 1.22 bits per heavy atom. The van der Waals surface area contributed by atoms with E-state index < -0.39 is 0 Å². The summed E-state index contributed by atoms with van der Waals surface area (Å²) in [5.41, 5.74) is 1.14. The summed E-state index contributed by atoms with van der Waals surface area (Å²) in [5.74, 6) is 1.73. The van der Waals surface area contributed by atoms with Gasteiger partial charge in [0.15, 0.2) is 13.3 Å². The molecule has 0 N–H and O–H groups in total. The average Bonchev–Trinajstić information content (AvgIpc) is 3.13. The highest BCUT2D eigenvalue weighted by atomic mass is 32.2.